The Morgan fingerprint density at radius 1 is 1.22 bits per heavy atom. The van der Waals surface area contributed by atoms with Crippen LogP contribution in [0.15, 0.2) is 36.7 Å². The Bertz CT molecular complexity index is 730. The quantitative estimate of drug-likeness (QED) is 0.808. The van der Waals surface area contributed by atoms with Crippen LogP contribution in [0.5, 0.6) is 0 Å². The number of carbonyl (C=O) groups excluding carboxylic acids is 1. The van der Waals surface area contributed by atoms with Gasteiger partial charge in [0, 0.05) is 64.7 Å². The van der Waals surface area contributed by atoms with E-state index in [2.05, 4.69) is 25.2 Å². The molecule has 1 N–H and O–H groups in total. The van der Waals surface area contributed by atoms with Gasteiger partial charge in [0.25, 0.3) is 0 Å². The second-order valence-electron chi connectivity index (χ2n) is 7.01. The van der Waals surface area contributed by atoms with Gasteiger partial charge in [-0.3, -0.25) is 9.78 Å². The van der Waals surface area contributed by atoms with Crippen molar-refractivity contribution in [1.82, 2.24) is 19.9 Å². The molecule has 0 saturated carbocycles. The van der Waals surface area contributed by atoms with Gasteiger partial charge in [0.2, 0.25) is 11.9 Å². The lowest BCUT2D eigenvalue weighted by molar-refractivity contribution is -0.131. The Kier molecular flexibility index (Phi) is 6.57. The number of nitrogens with one attached hydrogen (secondary N) is 1. The number of aromatic nitrogens is 3. The molecule has 0 unspecified atom stereocenters. The number of nitrogens with zero attached hydrogens (tertiary/aromatic N) is 5. The van der Waals surface area contributed by atoms with Gasteiger partial charge in [-0.05, 0) is 37.0 Å². The number of pyridine rings is 1. The number of rotatable bonds is 7. The summed E-state index contributed by atoms with van der Waals surface area (Å²) in [4.78, 5) is 29.6. The molecule has 0 aliphatic carbocycles. The molecule has 1 saturated heterocycles. The Labute approximate surface area is 160 Å². The van der Waals surface area contributed by atoms with Crippen molar-refractivity contribution in [2.75, 3.05) is 43.9 Å². The lowest BCUT2D eigenvalue weighted by atomic mass is 9.93. The van der Waals surface area contributed by atoms with Crippen molar-refractivity contribution in [3.8, 4) is 0 Å². The van der Waals surface area contributed by atoms with Gasteiger partial charge in [-0.1, -0.05) is 6.07 Å². The zero-order chi connectivity index (χ0) is 19.1. The first-order chi connectivity index (χ1) is 13.2. The fourth-order valence-corrected chi connectivity index (χ4v) is 3.37. The van der Waals surface area contributed by atoms with Crippen LogP contribution in [0.1, 0.15) is 25.0 Å². The van der Waals surface area contributed by atoms with Crippen LogP contribution in [0.3, 0.4) is 0 Å². The van der Waals surface area contributed by atoms with E-state index in [0.29, 0.717) is 24.8 Å². The Morgan fingerprint density at radius 3 is 2.74 bits per heavy atom. The lowest BCUT2D eigenvalue weighted by Crippen LogP contribution is -2.37. The van der Waals surface area contributed by atoms with Crippen molar-refractivity contribution in [1.29, 1.82) is 0 Å². The largest absolute Gasteiger partial charge is 0.357 e. The number of piperidine rings is 1. The highest BCUT2D eigenvalue weighted by Crippen LogP contribution is 2.24. The van der Waals surface area contributed by atoms with E-state index in [-0.39, 0.29) is 5.91 Å². The molecular weight excluding hydrogens is 340 g/mol. The second-order valence-corrected chi connectivity index (χ2v) is 7.01. The van der Waals surface area contributed by atoms with E-state index in [1.807, 2.05) is 43.3 Å². The zero-order valence-electron chi connectivity index (χ0n) is 16.1. The van der Waals surface area contributed by atoms with E-state index in [1.165, 1.54) is 0 Å². The van der Waals surface area contributed by atoms with Crippen LogP contribution in [0.25, 0.3) is 0 Å². The summed E-state index contributed by atoms with van der Waals surface area (Å²) in [5.41, 5.74) is 1.02. The van der Waals surface area contributed by atoms with Crippen LogP contribution in [0.4, 0.5) is 11.8 Å². The number of hydrogen-bond acceptors (Lipinski definition) is 6. The third-order valence-corrected chi connectivity index (χ3v) is 5.12. The van der Waals surface area contributed by atoms with Crippen LogP contribution >= 0.6 is 0 Å². The first-order valence-corrected chi connectivity index (χ1v) is 9.55. The third-order valence-electron chi connectivity index (χ3n) is 5.12. The minimum absolute atomic E-state index is 0.226. The average Bonchev–Trinajstić information content (AvgIpc) is 2.73. The molecule has 1 aliphatic heterocycles. The maximum atomic E-state index is 12.5. The highest BCUT2D eigenvalue weighted by molar-refractivity contribution is 5.76. The van der Waals surface area contributed by atoms with E-state index in [9.17, 15) is 4.79 Å². The van der Waals surface area contributed by atoms with E-state index < -0.39 is 0 Å². The third kappa shape index (κ3) is 5.39. The van der Waals surface area contributed by atoms with E-state index in [0.717, 1.165) is 43.9 Å². The first kappa shape index (κ1) is 19.1. The molecule has 7 nitrogen and oxygen atoms in total. The maximum absolute atomic E-state index is 12.5. The van der Waals surface area contributed by atoms with E-state index >= 15 is 0 Å². The molecule has 0 aromatic carbocycles. The number of amides is 1. The summed E-state index contributed by atoms with van der Waals surface area (Å²) < 4.78 is 0. The monoisotopic (exact) mass is 368 g/mol. The molecule has 2 aromatic rings. The van der Waals surface area contributed by atoms with Gasteiger partial charge in [0.15, 0.2) is 0 Å². The SMILES string of the molecule is CNc1nccc(N2CCC(CC(=O)N(C)CCc3ccccn3)CC2)n1. The van der Waals surface area contributed by atoms with Gasteiger partial charge in [0.05, 0.1) is 0 Å². The predicted molar refractivity (Wildman–Crippen MR) is 107 cm³/mol. The van der Waals surface area contributed by atoms with Gasteiger partial charge < -0.3 is 15.1 Å². The number of anilines is 2. The number of carbonyl (C=O) groups is 1. The smallest absolute Gasteiger partial charge is 0.224 e. The predicted octanol–water partition coefficient (Wildman–Crippen LogP) is 2.22. The standard InChI is InChI=1S/C20H28N6O/c1-21-20-23-11-6-18(24-20)26-13-7-16(8-14-26)15-19(27)25(2)12-9-17-5-3-4-10-22-17/h3-6,10-11,16H,7-9,12-15H2,1-2H3,(H,21,23,24). The highest BCUT2D eigenvalue weighted by Gasteiger charge is 2.23. The summed E-state index contributed by atoms with van der Waals surface area (Å²) >= 11 is 0. The summed E-state index contributed by atoms with van der Waals surface area (Å²) in [5, 5.41) is 2.97. The summed E-state index contributed by atoms with van der Waals surface area (Å²) in [7, 11) is 3.71. The highest BCUT2D eigenvalue weighted by atomic mass is 16.2. The molecule has 0 spiro atoms. The molecule has 27 heavy (non-hydrogen) atoms. The second kappa shape index (κ2) is 9.30. The van der Waals surface area contributed by atoms with Gasteiger partial charge in [-0.15, -0.1) is 0 Å². The minimum Gasteiger partial charge on any atom is -0.357 e. The van der Waals surface area contributed by atoms with Crippen molar-refractivity contribution in [3.05, 3.63) is 42.4 Å². The van der Waals surface area contributed by atoms with Crippen molar-refractivity contribution >= 4 is 17.7 Å². The van der Waals surface area contributed by atoms with Crippen LogP contribution in [0.2, 0.25) is 0 Å². The number of hydrogen-bond donors (Lipinski definition) is 1. The maximum Gasteiger partial charge on any atom is 0.224 e. The van der Waals surface area contributed by atoms with Crippen LogP contribution < -0.4 is 10.2 Å². The Morgan fingerprint density at radius 2 is 2.04 bits per heavy atom. The Balaban J connectivity index is 1.43. The normalized spacial score (nSPS) is 14.8. The molecule has 144 valence electrons. The van der Waals surface area contributed by atoms with Crippen LogP contribution in [0, 0.1) is 5.92 Å². The minimum atomic E-state index is 0.226. The molecule has 3 heterocycles. The molecule has 0 radical (unpaired) electrons. The molecule has 0 atom stereocenters. The van der Waals surface area contributed by atoms with Gasteiger partial charge in [-0.2, -0.15) is 4.98 Å². The molecule has 2 aromatic heterocycles. The van der Waals surface area contributed by atoms with Gasteiger partial charge >= 0.3 is 0 Å². The Hall–Kier alpha value is -2.70. The first-order valence-electron chi connectivity index (χ1n) is 9.55. The molecule has 1 amide bonds. The van der Waals surface area contributed by atoms with E-state index in [4.69, 9.17) is 0 Å². The van der Waals surface area contributed by atoms with Crippen molar-refractivity contribution in [2.24, 2.45) is 5.92 Å². The molecule has 1 fully saturated rings. The van der Waals surface area contributed by atoms with Crippen molar-refractivity contribution in [2.45, 2.75) is 25.7 Å². The molecule has 0 bridgehead atoms. The van der Waals surface area contributed by atoms with Gasteiger partial charge in [0.1, 0.15) is 5.82 Å². The fourth-order valence-electron chi connectivity index (χ4n) is 3.37. The summed E-state index contributed by atoms with van der Waals surface area (Å²) in [6.07, 6.45) is 7.01. The van der Waals surface area contributed by atoms with Crippen LogP contribution in [-0.4, -0.2) is 59.5 Å². The van der Waals surface area contributed by atoms with Crippen LogP contribution in [-0.2, 0) is 11.2 Å². The van der Waals surface area contributed by atoms with Gasteiger partial charge in [-0.25, -0.2) is 4.98 Å². The lowest BCUT2D eigenvalue weighted by Gasteiger charge is -2.33. The topological polar surface area (TPSA) is 74.2 Å². The summed E-state index contributed by atoms with van der Waals surface area (Å²) in [6.45, 7) is 2.56. The van der Waals surface area contributed by atoms with E-state index in [1.54, 1.807) is 12.4 Å². The average molecular weight is 368 g/mol. The molecule has 1 aliphatic rings. The molecular formula is C20H28N6O. The zero-order valence-corrected chi connectivity index (χ0v) is 16.1. The number of likely N-dealkylation sites (N-methyl/N-ethyl adjacent to an activating group) is 1. The van der Waals surface area contributed by atoms with Crippen molar-refractivity contribution in [3.63, 3.8) is 0 Å². The summed E-state index contributed by atoms with van der Waals surface area (Å²) in [6, 6.07) is 7.83. The molecule has 3 rings (SSSR count). The fraction of sp³-hybridized carbons (Fsp3) is 0.500. The van der Waals surface area contributed by atoms with Crippen molar-refractivity contribution < 1.29 is 4.79 Å². The summed E-state index contributed by atoms with van der Waals surface area (Å²) in [5.74, 6) is 2.26. The molecule has 7 heteroatoms.